The first kappa shape index (κ1) is 11.7. The molecule has 2 aromatic carbocycles. The predicted octanol–water partition coefficient (Wildman–Crippen LogP) is 4.99. The van der Waals surface area contributed by atoms with Crippen molar-refractivity contribution >= 4 is 38.5 Å². The van der Waals surface area contributed by atoms with Crippen LogP contribution < -0.4 is 4.74 Å². The Morgan fingerprint density at radius 2 is 1.75 bits per heavy atom. The molecule has 0 amide bonds. The molecule has 0 N–H and O–H groups in total. The highest BCUT2D eigenvalue weighted by Gasteiger charge is 2.06. The Labute approximate surface area is 116 Å². The van der Waals surface area contributed by atoms with E-state index in [9.17, 15) is 5.11 Å². The van der Waals surface area contributed by atoms with Crippen molar-refractivity contribution in [2.45, 2.75) is 0 Å². The Balaban J connectivity index is 2.26. The van der Waals surface area contributed by atoms with Crippen LogP contribution in [0.5, 0.6) is 17.2 Å². The van der Waals surface area contributed by atoms with Gasteiger partial charge in [-0.1, -0.05) is 15.9 Å². The fourth-order valence-corrected chi connectivity index (χ4v) is 1.92. The van der Waals surface area contributed by atoms with Crippen molar-refractivity contribution in [2.24, 2.45) is 0 Å². The summed E-state index contributed by atoms with van der Waals surface area (Å²) in [5, 5.41) is 11.5. The number of halogens is 2. The van der Waals surface area contributed by atoms with Gasteiger partial charge < -0.3 is 4.74 Å². The minimum atomic E-state index is -0.108. The lowest BCUT2D eigenvalue weighted by Crippen LogP contribution is -1.85. The predicted molar refractivity (Wildman–Crippen MR) is 73.5 cm³/mol. The van der Waals surface area contributed by atoms with Crippen LogP contribution in [0.25, 0.3) is 0 Å². The molecule has 2 nitrogen and oxygen atoms in total. The van der Waals surface area contributed by atoms with Crippen LogP contribution in [0.3, 0.4) is 0 Å². The van der Waals surface area contributed by atoms with Gasteiger partial charge in [-0.25, -0.2) is 0 Å². The molecule has 0 saturated heterocycles. The Hall–Kier alpha value is -0.750. The van der Waals surface area contributed by atoms with E-state index in [1.165, 1.54) is 6.07 Å². The molecule has 81 valence electrons. The molecule has 0 bridgehead atoms. The highest BCUT2D eigenvalue weighted by molar-refractivity contribution is 14.1. The molecule has 0 aliphatic rings. The van der Waals surface area contributed by atoms with Crippen LogP contribution in [0, 0.1) is 3.57 Å². The molecule has 0 unspecified atom stereocenters. The third kappa shape index (κ3) is 2.89. The number of rotatable bonds is 2. The average molecular weight is 390 g/mol. The number of hydrogen-bond acceptors (Lipinski definition) is 1. The molecule has 0 aliphatic carbocycles. The fraction of sp³-hybridized carbons (Fsp3) is 0. The van der Waals surface area contributed by atoms with Crippen LogP contribution in [0.2, 0.25) is 0 Å². The Bertz CT molecular complexity index is 497. The van der Waals surface area contributed by atoms with E-state index in [0.29, 0.717) is 11.5 Å². The zero-order valence-electron chi connectivity index (χ0n) is 8.11. The lowest BCUT2D eigenvalue weighted by Gasteiger charge is -2.06. The zero-order valence-corrected chi connectivity index (χ0v) is 11.9. The van der Waals surface area contributed by atoms with Gasteiger partial charge in [0.2, 0.25) is 5.75 Å². The molecule has 4 heteroatoms. The van der Waals surface area contributed by atoms with Crippen LogP contribution in [-0.4, -0.2) is 0 Å². The van der Waals surface area contributed by atoms with Crippen molar-refractivity contribution < 1.29 is 9.84 Å². The summed E-state index contributed by atoms with van der Waals surface area (Å²) in [6.45, 7) is 0. The van der Waals surface area contributed by atoms with E-state index in [1.807, 2.05) is 24.3 Å². The van der Waals surface area contributed by atoms with Gasteiger partial charge in [0, 0.05) is 8.04 Å². The molecule has 0 atom stereocenters. The number of benzene rings is 2. The summed E-state index contributed by atoms with van der Waals surface area (Å²) >= 11 is 5.48. The van der Waals surface area contributed by atoms with E-state index in [-0.39, 0.29) is 5.75 Å². The van der Waals surface area contributed by atoms with Gasteiger partial charge in [0.25, 0.3) is 0 Å². The van der Waals surface area contributed by atoms with Gasteiger partial charge in [-0.15, -0.1) is 0 Å². The third-order valence-corrected chi connectivity index (χ3v) is 3.15. The van der Waals surface area contributed by atoms with Crippen molar-refractivity contribution in [2.75, 3.05) is 0 Å². The second-order valence-corrected chi connectivity index (χ2v) is 5.31. The van der Waals surface area contributed by atoms with Gasteiger partial charge in [0.1, 0.15) is 5.75 Å². The number of hydrogen-bond donors (Lipinski definition) is 0. The van der Waals surface area contributed by atoms with Gasteiger partial charge in [0.15, 0.2) is 5.75 Å². The third-order valence-electron chi connectivity index (χ3n) is 1.95. The maximum absolute atomic E-state index is 11.5. The van der Waals surface area contributed by atoms with Crippen LogP contribution >= 0.6 is 38.5 Å². The van der Waals surface area contributed by atoms with E-state index < -0.39 is 0 Å². The largest absolute Gasteiger partial charge is 0.453 e. The van der Waals surface area contributed by atoms with Gasteiger partial charge in [-0.05, 0) is 65.1 Å². The highest BCUT2D eigenvalue weighted by Crippen LogP contribution is 2.32. The van der Waals surface area contributed by atoms with E-state index in [2.05, 4.69) is 38.5 Å². The highest BCUT2D eigenvalue weighted by atomic mass is 127. The minimum absolute atomic E-state index is 0.108. The molecule has 0 aliphatic heterocycles. The summed E-state index contributed by atoms with van der Waals surface area (Å²) < 4.78 is 7.46. The number of ether oxygens (including phenoxy) is 1. The Kier molecular flexibility index (Phi) is 3.70. The summed E-state index contributed by atoms with van der Waals surface area (Å²) in [7, 11) is 0. The molecular formula is C12H7BrIO2. The van der Waals surface area contributed by atoms with Crippen LogP contribution in [0.15, 0.2) is 46.9 Å². The monoisotopic (exact) mass is 389 g/mol. The quantitative estimate of drug-likeness (QED) is 0.665. The van der Waals surface area contributed by atoms with Crippen molar-refractivity contribution in [1.82, 2.24) is 0 Å². The molecule has 16 heavy (non-hydrogen) atoms. The topological polar surface area (TPSA) is 29.1 Å². The molecule has 0 heterocycles. The molecule has 0 saturated carbocycles. The van der Waals surface area contributed by atoms with Gasteiger partial charge in [-0.3, -0.25) is 5.11 Å². The molecule has 0 spiro atoms. The zero-order chi connectivity index (χ0) is 11.5. The maximum Gasteiger partial charge on any atom is 0.221 e. The van der Waals surface area contributed by atoms with Crippen LogP contribution in [0.1, 0.15) is 0 Å². The molecule has 2 rings (SSSR count). The van der Waals surface area contributed by atoms with Crippen molar-refractivity contribution in [3.8, 4) is 17.2 Å². The Morgan fingerprint density at radius 1 is 1.06 bits per heavy atom. The summed E-state index contributed by atoms with van der Waals surface area (Å²) in [6.07, 6.45) is 0. The molecule has 0 aromatic heterocycles. The van der Waals surface area contributed by atoms with Gasteiger partial charge >= 0.3 is 0 Å². The first-order chi connectivity index (χ1) is 7.65. The van der Waals surface area contributed by atoms with Crippen LogP contribution in [0.4, 0.5) is 0 Å². The average Bonchev–Trinajstić information content (AvgIpc) is 2.27. The first-order valence-electron chi connectivity index (χ1n) is 4.55. The van der Waals surface area contributed by atoms with Crippen molar-refractivity contribution in [1.29, 1.82) is 0 Å². The fourth-order valence-electron chi connectivity index (χ4n) is 1.19. The second kappa shape index (κ2) is 5.05. The van der Waals surface area contributed by atoms with Crippen molar-refractivity contribution in [3.05, 3.63) is 50.5 Å². The summed E-state index contributed by atoms with van der Waals surface area (Å²) in [5.41, 5.74) is 0. The van der Waals surface area contributed by atoms with Gasteiger partial charge in [0.05, 0.1) is 0 Å². The second-order valence-electron chi connectivity index (χ2n) is 3.15. The van der Waals surface area contributed by atoms with E-state index in [0.717, 1.165) is 8.04 Å². The van der Waals surface area contributed by atoms with E-state index in [4.69, 9.17) is 4.74 Å². The summed E-state index contributed by atoms with van der Waals surface area (Å²) in [4.78, 5) is 0. The smallest absolute Gasteiger partial charge is 0.221 e. The van der Waals surface area contributed by atoms with E-state index in [1.54, 1.807) is 12.1 Å². The maximum atomic E-state index is 11.5. The SMILES string of the molecule is [O]c1ccc(I)cc1Oc1ccc(Br)cc1. The van der Waals surface area contributed by atoms with Crippen LogP contribution in [-0.2, 0) is 5.11 Å². The molecule has 0 fully saturated rings. The van der Waals surface area contributed by atoms with E-state index >= 15 is 0 Å². The molecular weight excluding hydrogens is 383 g/mol. The molecule has 1 radical (unpaired) electrons. The minimum Gasteiger partial charge on any atom is -0.453 e. The standard InChI is InChI=1S/C12H7BrIO2/c13-8-1-4-10(5-2-8)16-12-7-9(14)3-6-11(12)15/h1-7H. The summed E-state index contributed by atoms with van der Waals surface area (Å²) in [6, 6.07) is 12.4. The molecule has 2 aromatic rings. The Morgan fingerprint density at radius 3 is 2.44 bits per heavy atom. The lowest BCUT2D eigenvalue weighted by atomic mass is 10.3. The first-order valence-corrected chi connectivity index (χ1v) is 6.42. The van der Waals surface area contributed by atoms with Crippen molar-refractivity contribution in [3.63, 3.8) is 0 Å². The normalized spacial score (nSPS) is 10.1. The lowest BCUT2D eigenvalue weighted by molar-refractivity contribution is 0.329. The summed E-state index contributed by atoms with van der Waals surface area (Å²) in [5.74, 6) is 0.903. The van der Waals surface area contributed by atoms with Gasteiger partial charge in [-0.2, -0.15) is 0 Å².